The highest BCUT2D eigenvalue weighted by molar-refractivity contribution is 5.73. The minimum Gasteiger partial charge on any atom is -0.481 e. The van der Waals surface area contributed by atoms with E-state index in [1.165, 1.54) is 0 Å². The van der Waals surface area contributed by atoms with E-state index in [0.29, 0.717) is 12.2 Å². The third-order valence-electron chi connectivity index (χ3n) is 2.02. The Bertz CT molecular complexity index is 348. The quantitative estimate of drug-likeness (QED) is 0.790. The predicted molar refractivity (Wildman–Crippen MR) is 51.9 cm³/mol. The summed E-state index contributed by atoms with van der Waals surface area (Å²) in [5.74, 6) is -0.250. The van der Waals surface area contributed by atoms with E-state index >= 15 is 0 Å². The van der Waals surface area contributed by atoms with Crippen molar-refractivity contribution in [1.29, 1.82) is 0 Å². The van der Waals surface area contributed by atoms with E-state index in [-0.39, 0.29) is 0 Å². The zero-order chi connectivity index (χ0) is 10.8. The van der Waals surface area contributed by atoms with Gasteiger partial charge in [-0.3, -0.25) is 4.79 Å². The molecule has 0 aliphatic rings. The fourth-order valence-corrected chi connectivity index (χ4v) is 1.06. The van der Waals surface area contributed by atoms with Crippen LogP contribution in [0.3, 0.4) is 0 Å². The molecule has 76 valence electrons. The summed E-state index contributed by atoms with van der Waals surface area (Å²) in [6.07, 6.45) is 2.00. The lowest BCUT2D eigenvalue weighted by Gasteiger charge is -2.17. The number of aliphatic carboxylic acids is 1. The number of hydrogen-bond donors (Lipinski definition) is 1. The van der Waals surface area contributed by atoms with Crippen molar-refractivity contribution in [3.63, 3.8) is 0 Å². The largest absolute Gasteiger partial charge is 0.481 e. The molecule has 0 radical (unpaired) electrons. The standard InChI is InChI=1S/C10H14N2O2/c1-7-4-5-11-8(12-7)6-10(2,3)9(13)14/h4-5H,6H2,1-3H3,(H,13,14). The van der Waals surface area contributed by atoms with Crippen LogP contribution in [0.15, 0.2) is 12.3 Å². The van der Waals surface area contributed by atoms with Crippen LogP contribution in [0.4, 0.5) is 0 Å². The van der Waals surface area contributed by atoms with Crippen LogP contribution < -0.4 is 0 Å². The third-order valence-corrected chi connectivity index (χ3v) is 2.02. The average Bonchev–Trinajstić information content (AvgIpc) is 2.02. The predicted octanol–water partition coefficient (Wildman–Crippen LogP) is 1.44. The summed E-state index contributed by atoms with van der Waals surface area (Å²) in [7, 11) is 0. The van der Waals surface area contributed by atoms with Crippen LogP contribution in [0.2, 0.25) is 0 Å². The molecule has 1 aromatic heterocycles. The van der Waals surface area contributed by atoms with Gasteiger partial charge in [0.15, 0.2) is 0 Å². The molecule has 4 nitrogen and oxygen atoms in total. The van der Waals surface area contributed by atoms with Crippen LogP contribution >= 0.6 is 0 Å². The molecule has 1 heterocycles. The number of carbonyl (C=O) groups is 1. The zero-order valence-corrected chi connectivity index (χ0v) is 8.61. The molecule has 0 saturated carbocycles. The van der Waals surface area contributed by atoms with E-state index in [2.05, 4.69) is 9.97 Å². The zero-order valence-electron chi connectivity index (χ0n) is 8.61. The highest BCUT2D eigenvalue weighted by atomic mass is 16.4. The second kappa shape index (κ2) is 3.74. The summed E-state index contributed by atoms with van der Waals surface area (Å²) in [5, 5.41) is 8.92. The summed E-state index contributed by atoms with van der Waals surface area (Å²) in [5.41, 5.74) is 0.0459. The van der Waals surface area contributed by atoms with Crippen LogP contribution in [0, 0.1) is 12.3 Å². The van der Waals surface area contributed by atoms with Crippen molar-refractivity contribution in [2.75, 3.05) is 0 Å². The molecule has 0 aromatic carbocycles. The van der Waals surface area contributed by atoms with Crippen LogP contribution in [-0.2, 0) is 11.2 Å². The molecule has 0 atom stereocenters. The molecule has 0 saturated heterocycles. The molecule has 0 amide bonds. The van der Waals surface area contributed by atoms with Crippen LogP contribution in [-0.4, -0.2) is 21.0 Å². The fourth-order valence-electron chi connectivity index (χ4n) is 1.06. The molecule has 0 aliphatic heterocycles. The maximum atomic E-state index is 10.9. The molecule has 0 spiro atoms. The van der Waals surface area contributed by atoms with Gasteiger partial charge in [-0.2, -0.15) is 0 Å². The molecule has 4 heteroatoms. The number of aromatic nitrogens is 2. The van der Waals surface area contributed by atoms with Gasteiger partial charge in [0.05, 0.1) is 5.41 Å². The monoisotopic (exact) mass is 194 g/mol. The lowest BCUT2D eigenvalue weighted by Crippen LogP contribution is -2.27. The highest BCUT2D eigenvalue weighted by Crippen LogP contribution is 2.19. The van der Waals surface area contributed by atoms with E-state index in [9.17, 15) is 4.79 Å². The van der Waals surface area contributed by atoms with Crippen molar-refractivity contribution in [2.24, 2.45) is 5.41 Å². The van der Waals surface area contributed by atoms with Gasteiger partial charge in [0.2, 0.25) is 0 Å². The Morgan fingerprint density at radius 3 is 2.71 bits per heavy atom. The lowest BCUT2D eigenvalue weighted by molar-refractivity contribution is -0.146. The third kappa shape index (κ3) is 2.52. The van der Waals surface area contributed by atoms with Gasteiger partial charge in [-0.25, -0.2) is 9.97 Å². The first-order valence-electron chi connectivity index (χ1n) is 4.44. The van der Waals surface area contributed by atoms with Crippen LogP contribution in [0.25, 0.3) is 0 Å². The normalized spacial score (nSPS) is 11.4. The van der Waals surface area contributed by atoms with Gasteiger partial charge in [-0.05, 0) is 26.8 Å². The van der Waals surface area contributed by atoms with Gasteiger partial charge in [-0.1, -0.05) is 0 Å². The van der Waals surface area contributed by atoms with Gasteiger partial charge in [0.25, 0.3) is 0 Å². The minimum absolute atomic E-state index is 0.351. The molecule has 1 N–H and O–H groups in total. The summed E-state index contributed by atoms with van der Waals surface area (Å²) >= 11 is 0. The molecule has 14 heavy (non-hydrogen) atoms. The molecule has 1 aromatic rings. The van der Waals surface area contributed by atoms with E-state index in [1.807, 2.05) is 6.92 Å². The first-order chi connectivity index (χ1) is 6.42. The van der Waals surface area contributed by atoms with E-state index in [1.54, 1.807) is 26.1 Å². The van der Waals surface area contributed by atoms with Crippen molar-refractivity contribution >= 4 is 5.97 Å². The van der Waals surface area contributed by atoms with Gasteiger partial charge in [0.1, 0.15) is 5.82 Å². The van der Waals surface area contributed by atoms with Crippen molar-refractivity contribution < 1.29 is 9.90 Å². The Labute approximate surface area is 83.0 Å². The molecule has 0 unspecified atom stereocenters. The first-order valence-corrected chi connectivity index (χ1v) is 4.44. The van der Waals surface area contributed by atoms with Crippen LogP contribution in [0.5, 0.6) is 0 Å². The van der Waals surface area contributed by atoms with Crippen molar-refractivity contribution in [3.05, 3.63) is 23.8 Å². The Morgan fingerprint density at radius 2 is 2.21 bits per heavy atom. The second-order valence-electron chi connectivity index (χ2n) is 3.98. The highest BCUT2D eigenvalue weighted by Gasteiger charge is 2.28. The average molecular weight is 194 g/mol. The smallest absolute Gasteiger partial charge is 0.309 e. The van der Waals surface area contributed by atoms with Crippen molar-refractivity contribution in [3.8, 4) is 0 Å². The number of aryl methyl sites for hydroxylation is 1. The maximum absolute atomic E-state index is 10.9. The summed E-state index contributed by atoms with van der Waals surface area (Å²) in [4.78, 5) is 19.1. The molecule has 0 fully saturated rings. The van der Waals surface area contributed by atoms with Crippen molar-refractivity contribution in [2.45, 2.75) is 27.2 Å². The summed E-state index contributed by atoms with van der Waals surface area (Å²) in [6.45, 7) is 5.20. The van der Waals surface area contributed by atoms with Gasteiger partial charge < -0.3 is 5.11 Å². The Hall–Kier alpha value is -1.45. The van der Waals surface area contributed by atoms with Gasteiger partial charge in [0, 0.05) is 18.3 Å². The Kier molecular flexibility index (Phi) is 2.84. The maximum Gasteiger partial charge on any atom is 0.309 e. The number of nitrogens with zero attached hydrogens (tertiary/aromatic N) is 2. The number of carboxylic acid groups (broad SMARTS) is 1. The molecular weight excluding hydrogens is 180 g/mol. The van der Waals surface area contributed by atoms with Gasteiger partial charge in [-0.15, -0.1) is 0 Å². The second-order valence-corrected chi connectivity index (χ2v) is 3.98. The van der Waals surface area contributed by atoms with Crippen LogP contribution in [0.1, 0.15) is 25.4 Å². The van der Waals surface area contributed by atoms with Gasteiger partial charge >= 0.3 is 5.97 Å². The fraction of sp³-hybridized carbons (Fsp3) is 0.500. The lowest BCUT2D eigenvalue weighted by atomic mass is 9.89. The number of hydrogen-bond acceptors (Lipinski definition) is 3. The Morgan fingerprint density at radius 1 is 1.57 bits per heavy atom. The molecular formula is C10H14N2O2. The number of carboxylic acids is 1. The Balaban J connectivity index is 2.83. The molecule has 0 bridgehead atoms. The van der Waals surface area contributed by atoms with E-state index in [0.717, 1.165) is 5.69 Å². The summed E-state index contributed by atoms with van der Waals surface area (Å²) in [6, 6.07) is 1.79. The molecule has 0 aliphatic carbocycles. The number of rotatable bonds is 3. The van der Waals surface area contributed by atoms with E-state index in [4.69, 9.17) is 5.11 Å². The first kappa shape index (κ1) is 10.6. The minimum atomic E-state index is -0.831. The summed E-state index contributed by atoms with van der Waals surface area (Å²) < 4.78 is 0. The van der Waals surface area contributed by atoms with E-state index < -0.39 is 11.4 Å². The topological polar surface area (TPSA) is 63.1 Å². The van der Waals surface area contributed by atoms with Crippen molar-refractivity contribution in [1.82, 2.24) is 9.97 Å². The SMILES string of the molecule is Cc1ccnc(CC(C)(C)C(=O)O)n1. The molecule has 1 rings (SSSR count).